The summed E-state index contributed by atoms with van der Waals surface area (Å²) in [5, 5.41) is 9.89. The van der Waals surface area contributed by atoms with Crippen LogP contribution >= 0.6 is 11.6 Å². The SMILES string of the molecule is CC(=O)Nc1ccc(Nc2nc(C)cc(Nc3cccc(Cl)c3C)n2)cc1. The number of amides is 1. The number of halogens is 1. The summed E-state index contributed by atoms with van der Waals surface area (Å²) in [6.45, 7) is 5.33. The van der Waals surface area contributed by atoms with E-state index >= 15 is 0 Å². The van der Waals surface area contributed by atoms with Crippen LogP contribution in [-0.2, 0) is 4.79 Å². The van der Waals surface area contributed by atoms with Crippen molar-refractivity contribution < 1.29 is 4.79 Å². The Labute approximate surface area is 163 Å². The van der Waals surface area contributed by atoms with Gasteiger partial charge in [0.15, 0.2) is 0 Å². The van der Waals surface area contributed by atoms with Crippen molar-refractivity contribution in [3.63, 3.8) is 0 Å². The fraction of sp³-hybridized carbons (Fsp3) is 0.150. The van der Waals surface area contributed by atoms with Crippen LogP contribution < -0.4 is 16.0 Å². The molecule has 2 aromatic carbocycles. The molecule has 0 bridgehead atoms. The number of nitrogens with zero attached hydrogens (tertiary/aromatic N) is 2. The second-order valence-electron chi connectivity index (χ2n) is 6.14. The number of carbonyl (C=O) groups is 1. The average Bonchev–Trinajstić information content (AvgIpc) is 2.60. The van der Waals surface area contributed by atoms with Gasteiger partial charge < -0.3 is 16.0 Å². The lowest BCUT2D eigenvalue weighted by atomic mass is 10.2. The van der Waals surface area contributed by atoms with Crippen LogP contribution in [0.4, 0.5) is 28.8 Å². The molecule has 1 heterocycles. The smallest absolute Gasteiger partial charge is 0.229 e. The summed E-state index contributed by atoms with van der Waals surface area (Å²) in [6, 6.07) is 14.9. The van der Waals surface area contributed by atoms with Gasteiger partial charge in [-0.2, -0.15) is 4.98 Å². The molecule has 7 heteroatoms. The second kappa shape index (κ2) is 8.05. The molecule has 0 fully saturated rings. The van der Waals surface area contributed by atoms with Gasteiger partial charge in [-0.15, -0.1) is 0 Å². The molecule has 0 saturated carbocycles. The van der Waals surface area contributed by atoms with E-state index in [1.54, 1.807) is 0 Å². The third-order valence-corrected chi connectivity index (χ3v) is 4.26. The van der Waals surface area contributed by atoms with E-state index in [2.05, 4.69) is 25.9 Å². The summed E-state index contributed by atoms with van der Waals surface area (Å²) in [7, 11) is 0. The van der Waals surface area contributed by atoms with Crippen molar-refractivity contribution in [2.75, 3.05) is 16.0 Å². The summed E-state index contributed by atoms with van der Waals surface area (Å²) in [6.07, 6.45) is 0. The topological polar surface area (TPSA) is 78.9 Å². The largest absolute Gasteiger partial charge is 0.340 e. The number of nitrogens with one attached hydrogen (secondary N) is 3. The molecule has 1 aromatic heterocycles. The molecule has 1 amide bonds. The summed E-state index contributed by atoms with van der Waals surface area (Å²) in [5.74, 6) is 1.04. The number of aromatic nitrogens is 2. The van der Waals surface area contributed by atoms with Crippen LogP contribution in [0, 0.1) is 13.8 Å². The van der Waals surface area contributed by atoms with Crippen molar-refractivity contribution in [1.82, 2.24) is 9.97 Å². The lowest BCUT2D eigenvalue weighted by molar-refractivity contribution is -0.114. The molecule has 6 nitrogen and oxygen atoms in total. The standard InChI is InChI=1S/C20H20ClN5O/c1-12-11-19(25-18-6-4-5-17(21)13(18)2)26-20(22-12)24-16-9-7-15(8-10-16)23-14(3)27/h4-11H,1-3H3,(H,23,27)(H2,22,24,25,26). The summed E-state index contributed by atoms with van der Waals surface area (Å²) in [4.78, 5) is 20.0. The number of rotatable bonds is 5. The number of benzene rings is 2. The van der Waals surface area contributed by atoms with Crippen LogP contribution in [0.3, 0.4) is 0 Å². The van der Waals surface area contributed by atoms with Gasteiger partial charge in [-0.1, -0.05) is 17.7 Å². The van der Waals surface area contributed by atoms with E-state index in [9.17, 15) is 4.79 Å². The Morgan fingerprint density at radius 1 is 0.963 bits per heavy atom. The van der Waals surface area contributed by atoms with E-state index in [-0.39, 0.29) is 5.91 Å². The molecule has 3 rings (SSSR count). The quantitative estimate of drug-likeness (QED) is 0.566. The van der Waals surface area contributed by atoms with Crippen LogP contribution in [0.15, 0.2) is 48.5 Å². The van der Waals surface area contributed by atoms with Gasteiger partial charge in [-0.3, -0.25) is 4.79 Å². The van der Waals surface area contributed by atoms with Gasteiger partial charge in [0.2, 0.25) is 11.9 Å². The Morgan fingerprint density at radius 2 is 1.67 bits per heavy atom. The molecule has 27 heavy (non-hydrogen) atoms. The first-order valence-electron chi connectivity index (χ1n) is 8.43. The van der Waals surface area contributed by atoms with Gasteiger partial charge in [-0.05, 0) is 55.8 Å². The lowest BCUT2D eigenvalue weighted by Crippen LogP contribution is -2.06. The van der Waals surface area contributed by atoms with Crippen LogP contribution in [-0.4, -0.2) is 15.9 Å². The molecule has 0 spiro atoms. The van der Waals surface area contributed by atoms with Crippen molar-refractivity contribution >= 4 is 46.3 Å². The molecule has 0 radical (unpaired) electrons. The molecule has 0 atom stereocenters. The monoisotopic (exact) mass is 381 g/mol. The zero-order valence-corrected chi connectivity index (χ0v) is 16.1. The fourth-order valence-corrected chi connectivity index (χ4v) is 2.71. The van der Waals surface area contributed by atoms with Crippen LogP contribution in [0.1, 0.15) is 18.2 Å². The predicted molar refractivity (Wildman–Crippen MR) is 110 cm³/mol. The van der Waals surface area contributed by atoms with Gasteiger partial charge in [0.05, 0.1) is 0 Å². The highest BCUT2D eigenvalue weighted by molar-refractivity contribution is 6.31. The van der Waals surface area contributed by atoms with Gasteiger partial charge in [0.25, 0.3) is 0 Å². The van der Waals surface area contributed by atoms with Crippen molar-refractivity contribution in [2.24, 2.45) is 0 Å². The first-order chi connectivity index (χ1) is 12.9. The Bertz CT molecular complexity index is 973. The molecule has 0 unspecified atom stereocenters. The maximum atomic E-state index is 11.1. The average molecular weight is 382 g/mol. The highest BCUT2D eigenvalue weighted by Crippen LogP contribution is 2.26. The first-order valence-corrected chi connectivity index (χ1v) is 8.81. The van der Waals surface area contributed by atoms with Crippen molar-refractivity contribution in [3.05, 3.63) is 64.8 Å². The third kappa shape index (κ3) is 4.95. The number of anilines is 5. The zero-order valence-electron chi connectivity index (χ0n) is 15.3. The van der Waals surface area contributed by atoms with E-state index in [1.165, 1.54) is 6.92 Å². The minimum absolute atomic E-state index is 0.107. The molecule has 3 aromatic rings. The minimum atomic E-state index is -0.107. The minimum Gasteiger partial charge on any atom is -0.340 e. The van der Waals surface area contributed by atoms with Crippen molar-refractivity contribution in [2.45, 2.75) is 20.8 Å². The first kappa shape index (κ1) is 18.7. The van der Waals surface area contributed by atoms with E-state index in [4.69, 9.17) is 11.6 Å². The molecule has 3 N–H and O–H groups in total. The number of aryl methyl sites for hydroxylation is 1. The maximum Gasteiger partial charge on any atom is 0.229 e. The van der Waals surface area contributed by atoms with Crippen LogP contribution in [0.2, 0.25) is 5.02 Å². The normalized spacial score (nSPS) is 10.4. The third-order valence-electron chi connectivity index (χ3n) is 3.85. The Morgan fingerprint density at radius 3 is 2.37 bits per heavy atom. The van der Waals surface area contributed by atoms with Crippen molar-refractivity contribution in [3.8, 4) is 0 Å². The molecular weight excluding hydrogens is 362 g/mol. The molecule has 0 saturated heterocycles. The second-order valence-corrected chi connectivity index (χ2v) is 6.55. The summed E-state index contributed by atoms with van der Waals surface area (Å²) in [5.41, 5.74) is 4.23. The fourth-order valence-electron chi connectivity index (χ4n) is 2.54. The highest BCUT2D eigenvalue weighted by atomic mass is 35.5. The summed E-state index contributed by atoms with van der Waals surface area (Å²) >= 11 is 6.18. The van der Waals surface area contributed by atoms with Crippen LogP contribution in [0.25, 0.3) is 0 Å². The molecule has 138 valence electrons. The lowest BCUT2D eigenvalue weighted by Gasteiger charge is -2.12. The number of hydrogen-bond donors (Lipinski definition) is 3. The molecule has 0 aliphatic rings. The maximum absolute atomic E-state index is 11.1. The Hall–Kier alpha value is -3.12. The van der Waals surface area contributed by atoms with E-state index < -0.39 is 0 Å². The van der Waals surface area contributed by atoms with E-state index in [1.807, 2.05) is 62.4 Å². The van der Waals surface area contributed by atoms with E-state index in [0.717, 1.165) is 28.3 Å². The predicted octanol–water partition coefficient (Wildman–Crippen LogP) is 5.19. The Balaban J connectivity index is 1.79. The zero-order chi connectivity index (χ0) is 19.4. The summed E-state index contributed by atoms with van der Waals surface area (Å²) < 4.78 is 0. The van der Waals surface area contributed by atoms with Gasteiger partial charge >= 0.3 is 0 Å². The van der Waals surface area contributed by atoms with E-state index in [0.29, 0.717) is 16.8 Å². The van der Waals surface area contributed by atoms with Crippen molar-refractivity contribution in [1.29, 1.82) is 0 Å². The van der Waals surface area contributed by atoms with Gasteiger partial charge in [0, 0.05) is 40.8 Å². The molecule has 0 aliphatic carbocycles. The van der Waals surface area contributed by atoms with Gasteiger partial charge in [0.1, 0.15) is 5.82 Å². The highest BCUT2D eigenvalue weighted by Gasteiger charge is 2.07. The van der Waals surface area contributed by atoms with Gasteiger partial charge in [-0.25, -0.2) is 4.98 Å². The number of carbonyl (C=O) groups excluding carboxylic acids is 1. The Kier molecular flexibility index (Phi) is 5.57. The number of hydrogen-bond acceptors (Lipinski definition) is 5. The van der Waals surface area contributed by atoms with Crippen LogP contribution in [0.5, 0.6) is 0 Å². The molecule has 0 aliphatic heterocycles. The molecular formula is C20H20ClN5O.